The van der Waals surface area contributed by atoms with E-state index in [2.05, 4.69) is 26.2 Å². The molecule has 1 N–H and O–H groups in total. The Bertz CT molecular complexity index is 1110. The quantitative estimate of drug-likeness (QED) is 0.633. The van der Waals surface area contributed by atoms with Gasteiger partial charge in [-0.15, -0.1) is 0 Å². The van der Waals surface area contributed by atoms with E-state index in [9.17, 15) is 10.1 Å². The second kappa shape index (κ2) is 8.96. The van der Waals surface area contributed by atoms with Crippen LogP contribution in [0.3, 0.4) is 0 Å². The van der Waals surface area contributed by atoms with Gasteiger partial charge in [-0.3, -0.25) is 5.10 Å². The van der Waals surface area contributed by atoms with E-state index in [-0.39, 0.29) is 12.5 Å². The van der Waals surface area contributed by atoms with Crippen molar-refractivity contribution in [2.75, 3.05) is 24.6 Å². The number of H-pyrrole nitrogens is 1. The summed E-state index contributed by atoms with van der Waals surface area (Å²) in [6, 6.07) is 13.7. The van der Waals surface area contributed by atoms with Crippen LogP contribution in [0.25, 0.3) is 11.4 Å². The maximum absolute atomic E-state index is 12.1. The summed E-state index contributed by atoms with van der Waals surface area (Å²) in [6.07, 6.45) is 1.74. The number of hydrogen-bond donors (Lipinski definition) is 1. The number of benzene rings is 1. The topological polar surface area (TPSA) is 108 Å². The normalized spacial score (nSPS) is 14.3. The Labute approximate surface area is 180 Å². The number of carbonyl (C=O) groups is 1. The lowest BCUT2D eigenvalue weighted by Crippen LogP contribution is -2.34. The van der Waals surface area contributed by atoms with E-state index in [4.69, 9.17) is 9.72 Å². The zero-order chi connectivity index (χ0) is 21.8. The van der Waals surface area contributed by atoms with Gasteiger partial charge in [0.1, 0.15) is 17.7 Å². The number of esters is 1. The molecule has 0 spiro atoms. The minimum absolute atomic E-state index is 0.270. The van der Waals surface area contributed by atoms with Gasteiger partial charge in [-0.2, -0.15) is 10.4 Å². The zero-order valence-corrected chi connectivity index (χ0v) is 17.6. The van der Waals surface area contributed by atoms with Crippen LogP contribution in [0.5, 0.6) is 0 Å². The average Bonchev–Trinajstić information content (AvgIpc) is 3.30. The predicted octanol–water partition coefficient (Wildman–Crippen LogP) is 3.61. The van der Waals surface area contributed by atoms with Gasteiger partial charge in [0.25, 0.3) is 0 Å². The molecule has 1 aliphatic heterocycles. The lowest BCUT2D eigenvalue weighted by atomic mass is 9.95. The molecule has 0 amide bonds. The highest BCUT2D eigenvalue weighted by Gasteiger charge is 2.27. The maximum atomic E-state index is 12.1. The minimum atomic E-state index is -0.450. The standard InChI is InChI=1S/C23H24N6O2/c1-3-31-23(30)19-13-18(14-24)22(25-15(19)2)29-11-9-17(10-12-29)21-26-20(27-28-21)16-7-5-4-6-8-16/h4-8,13,17H,3,9-12H2,1-2H3,(H,26,27,28). The van der Waals surface area contributed by atoms with Gasteiger partial charge >= 0.3 is 5.97 Å². The molecule has 8 heteroatoms. The number of pyridine rings is 1. The number of aryl methyl sites for hydroxylation is 1. The van der Waals surface area contributed by atoms with Crippen molar-refractivity contribution in [2.45, 2.75) is 32.6 Å². The van der Waals surface area contributed by atoms with Gasteiger partial charge in [-0.05, 0) is 32.8 Å². The number of nitrogens with zero attached hydrogens (tertiary/aromatic N) is 5. The Hall–Kier alpha value is -3.73. The fourth-order valence-corrected chi connectivity index (χ4v) is 3.87. The summed E-state index contributed by atoms with van der Waals surface area (Å²) in [4.78, 5) is 23.5. The smallest absolute Gasteiger partial charge is 0.340 e. The van der Waals surface area contributed by atoms with Gasteiger partial charge in [0.15, 0.2) is 5.82 Å². The molecule has 1 fully saturated rings. The van der Waals surface area contributed by atoms with E-state index in [1.54, 1.807) is 19.9 Å². The molecule has 0 bridgehead atoms. The van der Waals surface area contributed by atoms with Crippen LogP contribution in [-0.4, -0.2) is 45.8 Å². The lowest BCUT2D eigenvalue weighted by Gasteiger charge is -2.32. The first-order chi connectivity index (χ1) is 15.1. The van der Waals surface area contributed by atoms with Crippen LogP contribution in [0.2, 0.25) is 0 Å². The minimum Gasteiger partial charge on any atom is -0.462 e. The SMILES string of the molecule is CCOC(=O)c1cc(C#N)c(N2CCC(c3nc(-c4ccccc4)n[nH]3)CC2)nc1C. The first kappa shape index (κ1) is 20.5. The molecule has 0 aliphatic carbocycles. The van der Waals surface area contributed by atoms with Gasteiger partial charge < -0.3 is 9.64 Å². The van der Waals surface area contributed by atoms with E-state index in [0.717, 1.165) is 37.3 Å². The molecule has 1 aromatic carbocycles. The molecule has 0 unspecified atom stereocenters. The van der Waals surface area contributed by atoms with Crippen molar-refractivity contribution in [3.63, 3.8) is 0 Å². The fraction of sp³-hybridized carbons (Fsp3) is 0.348. The predicted molar refractivity (Wildman–Crippen MR) is 116 cm³/mol. The maximum Gasteiger partial charge on any atom is 0.340 e. The van der Waals surface area contributed by atoms with Crippen molar-refractivity contribution < 1.29 is 9.53 Å². The van der Waals surface area contributed by atoms with Crippen LogP contribution >= 0.6 is 0 Å². The highest BCUT2D eigenvalue weighted by atomic mass is 16.5. The first-order valence-corrected chi connectivity index (χ1v) is 10.4. The number of aromatic amines is 1. The number of piperidine rings is 1. The average molecular weight is 416 g/mol. The number of aromatic nitrogens is 4. The molecule has 158 valence electrons. The Morgan fingerprint density at radius 1 is 1.26 bits per heavy atom. The van der Waals surface area contributed by atoms with Crippen molar-refractivity contribution in [3.8, 4) is 17.5 Å². The van der Waals surface area contributed by atoms with Crippen LogP contribution in [0, 0.1) is 18.3 Å². The first-order valence-electron chi connectivity index (χ1n) is 10.4. The number of carbonyl (C=O) groups excluding carboxylic acids is 1. The lowest BCUT2D eigenvalue weighted by molar-refractivity contribution is 0.0525. The van der Waals surface area contributed by atoms with Gasteiger partial charge in [0.05, 0.1) is 23.4 Å². The molecule has 31 heavy (non-hydrogen) atoms. The van der Waals surface area contributed by atoms with Gasteiger partial charge in [-0.25, -0.2) is 14.8 Å². The molecule has 2 aromatic heterocycles. The summed E-state index contributed by atoms with van der Waals surface area (Å²) in [5, 5.41) is 17.1. The van der Waals surface area contributed by atoms with E-state index < -0.39 is 5.97 Å². The number of nitriles is 1. The largest absolute Gasteiger partial charge is 0.462 e. The van der Waals surface area contributed by atoms with E-state index in [0.29, 0.717) is 28.5 Å². The molecule has 4 rings (SSSR count). The van der Waals surface area contributed by atoms with Gasteiger partial charge in [0, 0.05) is 24.6 Å². The summed E-state index contributed by atoms with van der Waals surface area (Å²) in [7, 11) is 0. The van der Waals surface area contributed by atoms with Crippen molar-refractivity contribution in [3.05, 3.63) is 59.0 Å². The second-order valence-corrected chi connectivity index (χ2v) is 7.50. The number of nitrogens with one attached hydrogen (secondary N) is 1. The highest BCUT2D eigenvalue weighted by Crippen LogP contribution is 2.31. The molecule has 1 aliphatic rings. The molecular weight excluding hydrogens is 392 g/mol. The van der Waals surface area contributed by atoms with Crippen molar-refractivity contribution in [1.29, 1.82) is 5.26 Å². The molecule has 0 saturated carbocycles. The number of anilines is 1. The second-order valence-electron chi connectivity index (χ2n) is 7.50. The van der Waals surface area contributed by atoms with Crippen LogP contribution in [0.1, 0.15) is 53.1 Å². The van der Waals surface area contributed by atoms with E-state index >= 15 is 0 Å². The monoisotopic (exact) mass is 416 g/mol. The fourth-order valence-electron chi connectivity index (χ4n) is 3.87. The number of hydrogen-bond acceptors (Lipinski definition) is 7. The summed E-state index contributed by atoms with van der Waals surface area (Å²) in [5.41, 5.74) is 2.28. The van der Waals surface area contributed by atoms with Crippen molar-refractivity contribution >= 4 is 11.8 Å². The Morgan fingerprint density at radius 3 is 2.68 bits per heavy atom. The third-order valence-corrected chi connectivity index (χ3v) is 5.52. The summed E-state index contributed by atoms with van der Waals surface area (Å²) < 4.78 is 5.07. The molecule has 3 heterocycles. The number of rotatable bonds is 5. The molecule has 3 aromatic rings. The Kier molecular flexibility index (Phi) is 5.94. The van der Waals surface area contributed by atoms with E-state index in [1.165, 1.54) is 0 Å². The molecule has 8 nitrogen and oxygen atoms in total. The summed E-state index contributed by atoms with van der Waals surface area (Å²) in [6.45, 7) is 5.28. The van der Waals surface area contributed by atoms with Crippen LogP contribution in [0.4, 0.5) is 5.82 Å². The molecular formula is C23H24N6O2. The Balaban J connectivity index is 1.48. The van der Waals surface area contributed by atoms with Crippen molar-refractivity contribution in [1.82, 2.24) is 20.2 Å². The Morgan fingerprint density at radius 2 is 2.00 bits per heavy atom. The molecule has 0 radical (unpaired) electrons. The zero-order valence-electron chi connectivity index (χ0n) is 17.6. The highest BCUT2D eigenvalue weighted by molar-refractivity contribution is 5.91. The van der Waals surface area contributed by atoms with Gasteiger partial charge in [0.2, 0.25) is 0 Å². The summed E-state index contributed by atoms with van der Waals surface area (Å²) >= 11 is 0. The third kappa shape index (κ3) is 4.26. The van der Waals surface area contributed by atoms with Crippen LogP contribution in [-0.2, 0) is 4.74 Å². The van der Waals surface area contributed by atoms with Crippen LogP contribution in [0.15, 0.2) is 36.4 Å². The number of ether oxygens (including phenoxy) is 1. The third-order valence-electron chi connectivity index (χ3n) is 5.52. The van der Waals surface area contributed by atoms with Gasteiger partial charge in [-0.1, -0.05) is 30.3 Å². The molecule has 0 atom stereocenters. The van der Waals surface area contributed by atoms with Crippen molar-refractivity contribution in [2.24, 2.45) is 0 Å². The summed E-state index contributed by atoms with van der Waals surface area (Å²) in [5.74, 6) is 2.03. The van der Waals surface area contributed by atoms with Crippen LogP contribution < -0.4 is 4.90 Å². The van der Waals surface area contributed by atoms with E-state index in [1.807, 2.05) is 30.3 Å². The molecule has 1 saturated heterocycles.